The molecule has 88 valence electrons. The number of aromatic nitrogens is 1. The molecule has 5 heteroatoms. The van der Waals surface area contributed by atoms with Crippen molar-refractivity contribution in [1.29, 1.82) is 0 Å². The molecule has 0 aliphatic carbocycles. The highest BCUT2D eigenvalue weighted by atomic mass is 32.1. The molecule has 3 nitrogen and oxygen atoms in total. The quantitative estimate of drug-likeness (QED) is 0.834. The lowest BCUT2D eigenvalue weighted by molar-refractivity contribution is 0.979. The highest BCUT2D eigenvalue weighted by molar-refractivity contribution is 7.80. The Kier molecular flexibility index (Phi) is 4.06. The van der Waals surface area contributed by atoms with Gasteiger partial charge in [-0.1, -0.05) is 0 Å². The number of thiocarbonyl (C=S) groups is 1. The first kappa shape index (κ1) is 12.0. The molecular weight excluding hydrogens is 250 g/mol. The third kappa shape index (κ3) is 3.25. The molecule has 0 bridgehead atoms. The second kappa shape index (κ2) is 5.75. The number of benzene rings is 1. The van der Waals surface area contributed by atoms with Crippen molar-refractivity contribution >= 4 is 34.4 Å². The highest BCUT2D eigenvalue weighted by Crippen LogP contribution is 2.23. The molecule has 1 aromatic carbocycles. The summed E-state index contributed by atoms with van der Waals surface area (Å²) in [5, 5.41) is 9.82. The molecule has 0 aliphatic heterocycles. The minimum Gasteiger partial charge on any atom is -0.363 e. The van der Waals surface area contributed by atoms with Crippen LogP contribution in [0.2, 0.25) is 0 Å². The van der Waals surface area contributed by atoms with E-state index in [2.05, 4.69) is 15.6 Å². The summed E-state index contributed by atoms with van der Waals surface area (Å²) in [5.74, 6) is 0. The Morgan fingerprint density at radius 1 is 1.35 bits per heavy atom. The molecule has 1 aromatic heterocycles. The topological polar surface area (TPSA) is 37.0 Å². The van der Waals surface area contributed by atoms with Crippen LogP contribution in [0.1, 0.15) is 6.92 Å². The monoisotopic (exact) mass is 263 g/mol. The normalized spacial score (nSPS) is 9.94. The van der Waals surface area contributed by atoms with Gasteiger partial charge in [-0.25, -0.2) is 4.98 Å². The Morgan fingerprint density at radius 2 is 2.12 bits per heavy atom. The van der Waals surface area contributed by atoms with Crippen LogP contribution in [-0.2, 0) is 0 Å². The molecule has 0 atom stereocenters. The van der Waals surface area contributed by atoms with E-state index in [1.807, 2.05) is 42.8 Å². The van der Waals surface area contributed by atoms with Gasteiger partial charge in [-0.2, -0.15) is 0 Å². The molecular formula is C12H13N3S2. The Balaban J connectivity index is 2.06. The van der Waals surface area contributed by atoms with Gasteiger partial charge < -0.3 is 10.6 Å². The number of thiazole rings is 1. The molecule has 0 aliphatic rings. The van der Waals surface area contributed by atoms with E-state index in [9.17, 15) is 0 Å². The van der Waals surface area contributed by atoms with Crippen molar-refractivity contribution in [2.45, 2.75) is 6.92 Å². The molecule has 0 radical (unpaired) electrons. The second-order valence-electron chi connectivity index (χ2n) is 3.40. The zero-order valence-corrected chi connectivity index (χ0v) is 11.1. The number of nitrogens with one attached hydrogen (secondary N) is 2. The van der Waals surface area contributed by atoms with E-state index < -0.39 is 0 Å². The number of anilines is 1. The van der Waals surface area contributed by atoms with Gasteiger partial charge in [0.25, 0.3) is 0 Å². The SMILES string of the molecule is CCNC(=S)Nc1ccc(-c2nccs2)cc1. The van der Waals surface area contributed by atoms with E-state index in [1.54, 1.807) is 11.3 Å². The maximum atomic E-state index is 5.12. The van der Waals surface area contributed by atoms with Gasteiger partial charge in [-0.3, -0.25) is 0 Å². The fraction of sp³-hybridized carbons (Fsp3) is 0.167. The summed E-state index contributed by atoms with van der Waals surface area (Å²) in [6, 6.07) is 8.08. The van der Waals surface area contributed by atoms with Crippen molar-refractivity contribution in [2.24, 2.45) is 0 Å². The minimum atomic E-state index is 0.648. The predicted octanol–water partition coefficient (Wildman–Crippen LogP) is 3.12. The van der Waals surface area contributed by atoms with E-state index in [0.717, 1.165) is 22.8 Å². The summed E-state index contributed by atoms with van der Waals surface area (Å²) in [4.78, 5) is 4.27. The molecule has 0 amide bonds. The maximum absolute atomic E-state index is 5.12. The third-order valence-corrected chi connectivity index (χ3v) is 3.23. The first-order valence-corrected chi connectivity index (χ1v) is 6.63. The smallest absolute Gasteiger partial charge is 0.170 e. The van der Waals surface area contributed by atoms with Gasteiger partial charge in [0.15, 0.2) is 5.11 Å². The Labute approximate surface area is 110 Å². The average molecular weight is 263 g/mol. The first-order chi connectivity index (χ1) is 8.29. The molecule has 0 saturated heterocycles. The lowest BCUT2D eigenvalue weighted by atomic mass is 10.2. The fourth-order valence-corrected chi connectivity index (χ4v) is 2.30. The Morgan fingerprint density at radius 3 is 2.71 bits per heavy atom. The zero-order valence-electron chi connectivity index (χ0n) is 9.43. The van der Waals surface area contributed by atoms with Crippen LogP contribution in [0.3, 0.4) is 0 Å². The van der Waals surface area contributed by atoms with Crippen molar-refractivity contribution in [1.82, 2.24) is 10.3 Å². The summed E-state index contributed by atoms with van der Waals surface area (Å²) in [5.41, 5.74) is 2.11. The van der Waals surface area contributed by atoms with E-state index in [-0.39, 0.29) is 0 Å². The van der Waals surface area contributed by atoms with Crippen LogP contribution in [0.25, 0.3) is 10.6 Å². The standard InChI is InChI=1S/C12H13N3S2/c1-2-13-12(16)15-10-5-3-9(4-6-10)11-14-7-8-17-11/h3-8H,2H2,1H3,(H2,13,15,16). The van der Waals surface area contributed by atoms with E-state index in [0.29, 0.717) is 5.11 Å². The third-order valence-electron chi connectivity index (χ3n) is 2.16. The highest BCUT2D eigenvalue weighted by Gasteiger charge is 2.00. The van der Waals surface area contributed by atoms with Crippen molar-refractivity contribution in [3.63, 3.8) is 0 Å². The van der Waals surface area contributed by atoms with Crippen molar-refractivity contribution in [3.05, 3.63) is 35.8 Å². The molecule has 0 spiro atoms. The molecule has 2 N–H and O–H groups in total. The van der Waals surface area contributed by atoms with Gasteiger partial charge >= 0.3 is 0 Å². The molecule has 0 unspecified atom stereocenters. The summed E-state index contributed by atoms with van der Waals surface area (Å²) >= 11 is 6.75. The number of hydrogen-bond donors (Lipinski definition) is 2. The number of hydrogen-bond acceptors (Lipinski definition) is 3. The van der Waals surface area contributed by atoms with Crippen LogP contribution in [0.15, 0.2) is 35.8 Å². The maximum Gasteiger partial charge on any atom is 0.170 e. The van der Waals surface area contributed by atoms with Crippen molar-refractivity contribution in [2.75, 3.05) is 11.9 Å². The van der Waals surface area contributed by atoms with Gasteiger partial charge in [0.1, 0.15) is 5.01 Å². The van der Waals surface area contributed by atoms with Gasteiger partial charge in [0.2, 0.25) is 0 Å². The average Bonchev–Trinajstić information content (AvgIpc) is 2.84. The molecule has 1 heterocycles. The Hall–Kier alpha value is -1.46. The number of nitrogens with zero attached hydrogens (tertiary/aromatic N) is 1. The molecule has 2 rings (SSSR count). The van der Waals surface area contributed by atoms with E-state index >= 15 is 0 Å². The van der Waals surface area contributed by atoms with Gasteiger partial charge in [0.05, 0.1) is 0 Å². The van der Waals surface area contributed by atoms with Gasteiger partial charge in [-0.15, -0.1) is 11.3 Å². The summed E-state index contributed by atoms with van der Waals surface area (Å²) in [6.45, 7) is 2.84. The van der Waals surface area contributed by atoms with E-state index in [1.165, 1.54) is 0 Å². The van der Waals surface area contributed by atoms with Gasteiger partial charge in [0, 0.05) is 29.4 Å². The lowest BCUT2D eigenvalue weighted by Crippen LogP contribution is -2.27. The minimum absolute atomic E-state index is 0.648. The van der Waals surface area contributed by atoms with Crippen molar-refractivity contribution in [3.8, 4) is 10.6 Å². The van der Waals surface area contributed by atoms with Gasteiger partial charge in [-0.05, 0) is 43.4 Å². The predicted molar refractivity (Wildman–Crippen MR) is 77.4 cm³/mol. The van der Waals surface area contributed by atoms with Crippen LogP contribution in [0.5, 0.6) is 0 Å². The summed E-state index contributed by atoms with van der Waals surface area (Å²) in [7, 11) is 0. The molecule has 17 heavy (non-hydrogen) atoms. The fourth-order valence-electron chi connectivity index (χ4n) is 1.40. The largest absolute Gasteiger partial charge is 0.363 e. The summed E-state index contributed by atoms with van der Waals surface area (Å²) in [6.07, 6.45) is 1.81. The zero-order chi connectivity index (χ0) is 12.1. The molecule has 2 aromatic rings. The van der Waals surface area contributed by atoms with Crippen LogP contribution < -0.4 is 10.6 Å². The van der Waals surface area contributed by atoms with Crippen LogP contribution in [-0.4, -0.2) is 16.6 Å². The first-order valence-electron chi connectivity index (χ1n) is 5.34. The van der Waals surface area contributed by atoms with Crippen LogP contribution in [0, 0.1) is 0 Å². The number of rotatable bonds is 3. The summed E-state index contributed by atoms with van der Waals surface area (Å²) < 4.78 is 0. The van der Waals surface area contributed by atoms with Crippen LogP contribution >= 0.6 is 23.6 Å². The lowest BCUT2D eigenvalue weighted by Gasteiger charge is -2.08. The van der Waals surface area contributed by atoms with Crippen molar-refractivity contribution < 1.29 is 0 Å². The molecule has 0 saturated carbocycles. The van der Waals surface area contributed by atoms with E-state index in [4.69, 9.17) is 12.2 Å². The Bertz CT molecular complexity index is 477. The van der Waals surface area contributed by atoms with Crippen LogP contribution in [0.4, 0.5) is 5.69 Å². The molecule has 0 fully saturated rings. The second-order valence-corrected chi connectivity index (χ2v) is 4.70.